The summed E-state index contributed by atoms with van der Waals surface area (Å²) in [5, 5.41) is 7.72. The van der Waals surface area contributed by atoms with Crippen LogP contribution < -0.4 is 10.1 Å². The molecular weight excluding hydrogens is 346 g/mol. The predicted molar refractivity (Wildman–Crippen MR) is 98.3 cm³/mol. The number of aromatic nitrogens is 3. The molecular formula is C19H21N5O3. The highest BCUT2D eigenvalue weighted by molar-refractivity contribution is 5.87. The lowest BCUT2D eigenvalue weighted by molar-refractivity contribution is 0.204. The Labute approximate surface area is 156 Å². The Kier molecular flexibility index (Phi) is 4.62. The molecule has 2 amide bonds. The van der Waals surface area contributed by atoms with E-state index in [-0.39, 0.29) is 12.6 Å². The zero-order chi connectivity index (χ0) is 18.8. The van der Waals surface area contributed by atoms with E-state index < -0.39 is 0 Å². The number of pyridine rings is 1. The lowest BCUT2D eigenvalue weighted by atomic mass is 10.1. The SMILES string of the molecule is COc1ccc(CN(C)C(=O)NCc2nc(C3CC3)no2)c2cccnc12. The second-order valence-corrected chi connectivity index (χ2v) is 6.66. The van der Waals surface area contributed by atoms with Gasteiger partial charge < -0.3 is 19.5 Å². The summed E-state index contributed by atoms with van der Waals surface area (Å²) >= 11 is 0. The third kappa shape index (κ3) is 3.69. The van der Waals surface area contributed by atoms with Crippen LogP contribution in [0.15, 0.2) is 35.0 Å². The predicted octanol–water partition coefficient (Wildman–Crippen LogP) is 2.85. The number of fused-ring (bicyclic) bond motifs is 1. The van der Waals surface area contributed by atoms with Gasteiger partial charge in [0.25, 0.3) is 0 Å². The van der Waals surface area contributed by atoms with Crippen LogP contribution in [0.2, 0.25) is 0 Å². The van der Waals surface area contributed by atoms with E-state index in [9.17, 15) is 4.79 Å². The average molecular weight is 367 g/mol. The number of carbonyl (C=O) groups is 1. The second kappa shape index (κ2) is 7.22. The number of hydrogen-bond donors (Lipinski definition) is 1. The molecule has 0 bridgehead atoms. The molecule has 140 valence electrons. The summed E-state index contributed by atoms with van der Waals surface area (Å²) < 4.78 is 10.5. The highest BCUT2D eigenvalue weighted by Gasteiger charge is 2.28. The zero-order valence-electron chi connectivity index (χ0n) is 15.3. The van der Waals surface area contributed by atoms with Crippen molar-refractivity contribution in [2.45, 2.75) is 31.8 Å². The summed E-state index contributed by atoms with van der Waals surface area (Å²) in [6.07, 6.45) is 3.95. The standard InChI is InChI=1S/C19H21N5O3/c1-24(19(25)21-10-16-22-18(23-27-16)12-5-6-12)11-13-7-8-15(26-2)17-14(13)4-3-9-20-17/h3-4,7-9,12H,5-6,10-11H2,1-2H3,(H,21,25). The minimum absolute atomic E-state index is 0.214. The van der Waals surface area contributed by atoms with Crippen LogP contribution in [-0.2, 0) is 13.1 Å². The first-order valence-corrected chi connectivity index (χ1v) is 8.87. The van der Waals surface area contributed by atoms with Crippen LogP contribution in [0, 0.1) is 0 Å². The Hall–Kier alpha value is -3.16. The molecule has 0 atom stereocenters. The highest BCUT2D eigenvalue weighted by atomic mass is 16.5. The van der Waals surface area contributed by atoms with E-state index in [0.717, 1.165) is 35.1 Å². The first-order valence-electron chi connectivity index (χ1n) is 8.87. The number of nitrogens with one attached hydrogen (secondary N) is 1. The fourth-order valence-corrected chi connectivity index (χ4v) is 2.97. The van der Waals surface area contributed by atoms with Gasteiger partial charge in [0.2, 0.25) is 5.89 Å². The quantitative estimate of drug-likeness (QED) is 0.720. The highest BCUT2D eigenvalue weighted by Crippen LogP contribution is 2.38. The van der Waals surface area contributed by atoms with Crippen molar-refractivity contribution in [1.82, 2.24) is 25.3 Å². The Morgan fingerprint density at radius 2 is 2.22 bits per heavy atom. The van der Waals surface area contributed by atoms with Crippen LogP contribution >= 0.6 is 0 Å². The fraction of sp³-hybridized carbons (Fsp3) is 0.368. The Morgan fingerprint density at radius 3 is 3.00 bits per heavy atom. The van der Waals surface area contributed by atoms with Crippen LogP contribution in [0.3, 0.4) is 0 Å². The van der Waals surface area contributed by atoms with Crippen molar-refractivity contribution in [3.8, 4) is 5.75 Å². The molecule has 8 heteroatoms. The first kappa shape index (κ1) is 17.3. The molecule has 2 heterocycles. The zero-order valence-corrected chi connectivity index (χ0v) is 15.3. The topological polar surface area (TPSA) is 93.4 Å². The summed E-state index contributed by atoms with van der Waals surface area (Å²) in [5.41, 5.74) is 1.77. The molecule has 1 saturated carbocycles. The molecule has 2 aromatic heterocycles. The van der Waals surface area contributed by atoms with Gasteiger partial charge in [0, 0.05) is 31.1 Å². The molecule has 1 aliphatic rings. The maximum absolute atomic E-state index is 12.4. The van der Waals surface area contributed by atoms with Crippen LogP contribution in [-0.4, -0.2) is 40.2 Å². The number of carbonyl (C=O) groups excluding carboxylic acids is 1. The lowest BCUT2D eigenvalue weighted by Gasteiger charge is -2.19. The first-order chi connectivity index (χ1) is 13.2. The molecule has 1 aromatic carbocycles. The van der Waals surface area contributed by atoms with Gasteiger partial charge in [0.15, 0.2) is 5.82 Å². The summed E-state index contributed by atoms with van der Waals surface area (Å²) in [7, 11) is 3.36. The van der Waals surface area contributed by atoms with E-state index in [1.165, 1.54) is 0 Å². The number of urea groups is 1. The maximum Gasteiger partial charge on any atom is 0.317 e. The molecule has 0 radical (unpaired) electrons. The van der Waals surface area contributed by atoms with E-state index in [1.807, 2.05) is 24.3 Å². The van der Waals surface area contributed by atoms with E-state index in [1.54, 1.807) is 25.3 Å². The van der Waals surface area contributed by atoms with Crippen molar-refractivity contribution in [2.24, 2.45) is 0 Å². The van der Waals surface area contributed by atoms with Gasteiger partial charge in [-0.15, -0.1) is 0 Å². The molecule has 27 heavy (non-hydrogen) atoms. The number of ether oxygens (including phenoxy) is 1. The van der Waals surface area contributed by atoms with Gasteiger partial charge in [-0.2, -0.15) is 4.98 Å². The molecule has 1 N–H and O–H groups in total. The van der Waals surface area contributed by atoms with E-state index >= 15 is 0 Å². The van der Waals surface area contributed by atoms with Crippen LogP contribution in [0.5, 0.6) is 5.75 Å². The van der Waals surface area contributed by atoms with E-state index in [0.29, 0.717) is 24.1 Å². The van der Waals surface area contributed by atoms with Gasteiger partial charge in [-0.1, -0.05) is 17.3 Å². The van der Waals surface area contributed by atoms with Crippen molar-refractivity contribution in [3.05, 3.63) is 47.7 Å². The van der Waals surface area contributed by atoms with Crippen LogP contribution in [0.1, 0.15) is 36.0 Å². The number of methoxy groups -OCH3 is 1. The van der Waals surface area contributed by atoms with Gasteiger partial charge in [-0.05, 0) is 30.5 Å². The maximum atomic E-state index is 12.4. The summed E-state index contributed by atoms with van der Waals surface area (Å²) in [5.74, 6) is 2.31. The minimum Gasteiger partial charge on any atom is -0.494 e. The second-order valence-electron chi connectivity index (χ2n) is 6.66. The van der Waals surface area contributed by atoms with Crippen LogP contribution in [0.25, 0.3) is 10.9 Å². The lowest BCUT2D eigenvalue weighted by Crippen LogP contribution is -2.36. The fourth-order valence-electron chi connectivity index (χ4n) is 2.97. The normalized spacial score (nSPS) is 13.6. The summed E-state index contributed by atoms with van der Waals surface area (Å²) in [4.78, 5) is 22.7. The Morgan fingerprint density at radius 1 is 1.37 bits per heavy atom. The molecule has 0 aliphatic heterocycles. The molecule has 4 rings (SSSR count). The van der Waals surface area contributed by atoms with Gasteiger partial charge in [0.1, 0.15) is 11.3 Å². The third-order valence-corrected chi connectivity index (χ3v) is 4.61. The van der Waals surface area contributed by atoms with E-state index in [2.05, 4.69) is 20.4 Å². The molecule has 8 nitrogen and oxygen atoms in total. The largest absolute Gasteiger partial charge is 0.494 e. The number of nitrogens with zero attached hydrogens (tertiary/aromatic N) is 4. The van der Waals surface area contributed by atoms with Crippen molar-refractivity contribution < 1.29 is 14.1 Å². The third-order valence-electron chi connectivity index (χ3n) is 4.61. The Bertz CT molecular complexity index is 967. The van der Waals surface area contributed by atoms with Crippen molar-refractivity contribution in [1.29, 1.82) is 0 Å². The number of amides is 2. The average Bonchev–Trinajstić information content (AvgIpc) is 3.44. The molecule has 1 aliphatic carbocycles. The molecule has 0 spiro atoms. The monoisotopic (exact) mass is 367 g/mol. The van der Waals surface area contributed by atoms with Crippen molar-refractivity contribution in [3.63, 3.8) is 0 Å². The van der Waals surface area contributed by atoms with E-state index in [4.69, 9.17) is 9.26 Å². The van der Waals surface area contributed by atoms with Crippen molar-refractivity contribution >= 4 is 16.9 Å². The van der Waals surface area contributed by atoms with Gasteiger partial charge in [0.05, 0.1) is 13.7 Å². The van der Waals surface area contributed by atoms with Gasteiger partial charge >= 0.3 is 6.03 Å². The molecule has 0 unspecified atom stereocenters. The summed E-state index contributed by atoms with van der Waals surface area (Å²) in [6.45, 7) is 0.656. The molecule has 0 saturated heterocycles. The van der Waals surface area contributed by atoms with Crippen molar-refractivity contribution in [2.75, 3.05) is 14.2 Å². The Balaban J connectivity index is 1.41. The van der Waals surface area contributed by atoms with Gasteiger partial charge in [-0.25, -0.2) is 4.79 Å². The van der Waals surface area contributed by atoms with Gasteiger partial charge in [-0.3, -0.25) is 4.98 Å². The van der Waals surface area contributed by atoms with Crippen LogP contribution in [0.4, 0.5) is 4.79 Å². The summed E-state index contributed by atoms with van der Waals surface area (Å²) in [6, 6.07) is 7.46. The smallest absolute Gasteiger partial charge is 0.317 e. The molecule has 3 aromatic rings. The molecule has 1 fully saturated rings. The number of benzene rings is 1. The number of rotatable bonds is 6. The number of hydrogen-bond acceptors (Lipinski definition) is 6. The minimum atomic E-state index is -0.214.